The van der Waals surface area contributed by atoms with Crippen LogP contribution in [-0.4, -0.2) is 21.3 Å². The number of hydrogen-bond acceptors (Lipinski definition) is 4. The molecule has 1 aliphatic heterocycles. The van der Waals surface area contributed by atoms with E-state index in [9.17, 15) is 0 Å². The molecule has 0 saturated carbocycles. The van der Waals surface area contributed by atoms with Crippen molar-refractivity contribution in [2.24, 2.45) is 5.92 Å². The maximum atomic E-state index is 4.41. The summed E-state index contributed by atoms with van der Waals surface area (Å²) in [6, 6.07) is 0.318. The van der Waals surface area contributed by atoms with Gasteiger partial charge in [-0.1, -0.05) is 13.8 Å². The molecule has 1 unspecified atom stereocenters. The lowest BCUT2D eigenvalue weighted by Gasteiger charge is -2.27. The normalized spacial score (nSPS) is 19.2. The van der Waals surface area contributed by atoms with Gasteiger partial charge in [0.25, 0.3) is 0 Å². The molecule has 0 aromatic carbocycles. The van der Waals surface area contributed by atoms with Gasteiger partial charge in [-0.2, -0.15) is 11.3 Å². The Kier molecular flexibility index (Phi) is 2.95. The summed E-state index contributed by atoms with van der Waals surface area (Å²) in [7, 11) is 0. The third kappa shape index (κ3) is 1.78. The van der Waals surface area contributed by atoms with Crippen LogP contribution in [0, 0.1) is 12.8 Å². The van der Waals surface area contributed by atoms with E-state index >= 15 is 0 Å². The van der Waals surface area contributed by atoms with Gasteiger partial charge in [0.05, 0.1) is 6.04 Å². The zero-order valence-electron chi connectivity index (χ0n) is 11.0. The number of fused-ring (bicyclic) bond motifs is 1. The van der Waals surface area contributed by atoms with E-state index in [-0.39, 0.29) is 0 Å². The van der Waals surface area contributed by atoms with Gasteiger partial charge in [-0.15, -0.1) is 10.2 Å². The second kappa shape index (κ2) is 4.48. The van der Waals surface area contributed by atoms with E-state index in [0.29, 0.717) is 12.0 Å². The summed E-state index contributed by atoms with van der Waals surface area (Å²) in [5.74, 6) is 2.64. The molecule has 96 valence electrons. The minimum Gasteiger partial charge on any atom is -0.308 e. The van der Waals surface area contributed by atoms with Gasteiger partial charge in [0.1, 0.15) is 0 Å². The highest BCUT2D eigenvalue weighted by molar-refractivity contribution is 7.08. The molecule has 0 fully saturated rings. The Bertz CT molecular complexity index is 555. The predicted molar refractivity (Wildman–Crippen MR) is 73.7 cm³/mol. The van der Waals surface area contributed by atoms with Crippen LogP contribution in [0.2, 0.25) is 0 Å². The van der Waals surface area contributed by atoms with Crippen LogP contribution < -0.4 is 5.32 Å². The average Bonchev–Trinajstić information content (AvgIpc) is 2.93. The molecule has 0 saturated heterocycles. The first kappa shape index (κ1) is 11.9. The van der Waals surface area contributed by atoms with E-state index in [1.54, 1.807) is 11.3 Å². The average molecular weight is 262 g/mol. The van der Waals surface area contributed by atoms with Crippen LogP contribution >= 0.6 is 11.3 Å². The maximum absolute atomic E-state index is 4.41. The zero-order valence-corrected chi connectivity index (χ0v) is 11.8. The van der Waals surface area contributed by atoms with Crippen LogP contribution in [0.15, 0.2) is 10.8 Å². The number of nitrogens with one attached hydrogen (secondary N) is 1. The topological polar surface area (TPSA) is 42.7 Å². The highest BCUT2D eigenvalue weighted by atomic mass is 32.1. The lowest BCUT2D eigenvalue weighted by Crippen LogP contribution is -2.36. The van der Waals surface area contributed by atoms with Crippen LogP contribution in [0.25, 0.3) is 11.4 Å². The van der Waals surface area contributed by atoms with E-state index in [0.717, 1.165) is 24.7 Å². The molecule has 0 amide bonds. The summed E-state index contributed by atoms with van der Waals surface area (Å²) >= 11 is 1.73. The molecule has 2 aromatic rings. The second-order valence-electron chi connectivity index (χ2n) is 5.18. The highest BCUT2D eigenvalue weighted by Crippen LogP contribution is 2.30. The first-order chi connectivity index (χ1) is 8.68. The molecular formula is C13H18N4S. The minimum atomic E-state index is 0.318. The number of nitrogens with zero attached hydrogens (tertiary/aromatic N) is 3. The van der Waals surface area contributed by atoms with Crippen molar-refractivity contribution < 1.29 is 0 Å². The van der Waals surface area contributed by atoms with Crippen molar-refractivity contribution in [3.63, 3.8) is 0 Å². The Morgan fingerprint density at radius 1 is 1.39 bits per heavy atom. The van der Waals surface area contributed by atoms with Gasteiger partial charge in [-0.25, -0.2) is 0 Å². The summed E-state index contributed by atoms with van der Waals surface area (Å²) in [4.78, 5) is 0. The van der Waals surface area contributed by atoms with E-state index in [4.69, 9.17) is 0 Å². The fraction of sp³-hybridized carbons (Fsp3) is 0.538. The lowest BCUT2D eigenvalue weighted by molar-refractivity contribution is 0.339. The van der Waals surface area contributed by atoms with Crippen LogP contribution in [0.1, 0.15) is 31.3 Å². The molecular weight excluding hydrogens is 244 g/mol. The van der Waals surface area contributed by atoms with Crippen LogP contribution in [0.3, 0.4) is 0 Å². The summed E-state index contributed by atoms with van der Waals surface area (Å²) in [5, 5.41) is 16.7. The molecule has 18 heavy (non-hydrogen) atoms. The Labute approximate surface area is 111 Å². The fourth-order valence-electron chi connectivity index (χ4n) is 2.51. The van der Waals surface area contributed by atoms with Gasteiger partial charge in [-0.3, -0.25) is 0 Å². The summed E-state index contributed by atoms with van der Waals surface area (Å²) < 4.78 is 2.27. The van der Waals surface area contributed by atoms with Crippen molar-refractivity contribution in [3.05, 3.63) is 22.1 Å². The third-order valence-corrected chi connectivity index (χ3v) is 4.38. The summed E-state index contributed by atoms with van der Waals surface area (Å²) in [6.07, 6.45) is 0. The van der Waals surface area contributed by atoms with Gasteiger partial charge in [0.2, 0.25) is 0 Å². The van der Waals surface area contributed by atoms with E-state index < -0.39 is 0 Å². The zero-order chi connectivity index (χ0) is 12.7. The van der Waals surface area contributed by atoms with Crippen molar-refractivity contribution in [3.8, 4) is 11.4 Å². The van der Waals surface area contributed by atoms with Crippen LogP contribution in [-0.2, 0) is 6.54 Å². The largest absolute Gasteiger partial charge is 0.308 e. The molecule has 0 bridgehead atoms. The second-order valence-corrected chi connectivity index (χ2v) is 5.92. The van der Waals surface area contributed by atoms with Crippen molar-refractivity contribution in [1.29, 1.82) is 0 Å². The first-order valence-corrected chi connectivity index (χ1v) is 7.32. The molecule has 1 N–H and O–H groups in total. The summed E-state index contributed by atoms with van der Waals surface area (Å²) in [5.41, 5.74) is 2.51. The fourth-order valence-corrected chi connectivity index (χ4v) is 3.34. The van der Waals surface area contributed by atoms with E-state index in [1.165, 1.54) is 11.1 Å². The number of rotatable bonds is 2. The quantitative estimate of drug-likeness (QED) is 0.904. The molecule has 0 radical (unpaired) electrons. The molecule has 5 heteroatoms. The summed E-state index contributed by atoms with van der Waals surface area (Å²) in [6.45, 7) is 8.52. The number of hydrogen-bond donors (Lipinski definition) is 1. The molecule has 1 aliphatic rings. The van der Waals surface area contributed by atoms with E-state index in [1.807, 2.05) is 0 Å². The van der Waals surface area contributed by atoms with Crippen molar-refractivity contribution in [2.75, 3.05) is 6.54 Å². The lowest BCUT2D eigenvalue weighted by atomic mass is 10.0. The van der Waals surface area contributed by atoms with Crippen molar-refractivity contribution in [1.82, 2.24) is 20.1 Å². The van der Waals surface area contributed by atoms with Gasteiger partial charge in [0, 0.05) is 24.0 Å². The Balaban J connectivity index is 2.08. The SMILES string of the molecule is Cc1cscc1-c1nnc2n1CCNC2C(C)C. The Morgan fingerprint density at radius 2 is 2.22 bits per heavy atom. The Morgan fingerprint density at radius 3 is 2.89 bits per heavy atom. The molecule has 3 rings (SSSR count). The third-order valence-electron chi connectivity index (χ3n) is 3.52. The molecule has 2 aromatic heterocycles. The smallest absolute Gasteiger partial charge is 0.165 e. The van der Waals surface area contributed by atoms with Gasteiger partial charge in [-0.05, 0) is 23.8 Å². The molecule has 3 heterocycles. The maximum Gasteiger partial charge on any atom is 0.165 e. The number of thiophene rings is 1. The van der Waals surface area contributed by atoms with Gasteiger partial charge >= 0.3 is 0 Å². The predicted octanol–water partition coefficient (Wildman–Crippen LogP) is 2.62. The molecule has 0 spiro atoms. The van der Waals surface area contributed by atoms with Crippen LogP contribution in [0.5, 0.6) is 0 Å². The highest BCUT2D eigenvalue weighted by Gasteiger charge is 2.27. The first-order valence-electron chi connectivity index (χ1n) is 6.38. The standard InChI is InChI=1S/C13H18N4S/c1-8(2)11-13-16-15-12(17(13)5-4-14-11)10-7-18-6-9(10)3/h6-8,11,14H,4-5H2,1-3H3. The molecule has 0 aliphatic carbocycles. The van der Waals surface area contributed by atoms with Gasteiger partial charge < -0.3 is 9.88 Å². The van der Waals surface area contributed by atoms with E-state index in [2.05, 4.69) is 51.6 Å². The number of aromatic nitrogens is 3. The van der Waals surface area contributed by atoms with Crippen LogP contribution in [0.4, 0.5) is 0 Å². The number of aryl methyl sites for hydroxylation is 1. The molecule has 1 atom stereocenters. The van der Waals surface area contributed by atoms with Gasteiger partial charge in [0.15, 0.2) is 11.6 Å². The van der Waals surface area contributed by atoms with Crippen molar-refractivity contribution >= 4 is 11.3 Å². The minimum absolute atomic E-state index is 0.318. The molecule has 4 nitrogen and oxygen atoms in total. The monoisotopic (exact) mass is 262 g/mol. The van der Waals surface area contributed by atoms with Crippen molar-refractivity contribution in [2.45, 2.75) is 33.4 Å². The Hall–Kier alpha value is -1.20.